The van der Waals surface area contributed by atoms with Crippen molar-refractivity contribution >= 4 is 43.8 Å². The van der Waals surface area contributed by atoms with Gasteiger partial charge in [0.2, 0.25) is 5.91 Å². The van der Waals surface area contributed by atoms with Crippen molar-refractivity contribution in [2.45, 2.75) is 31.2 Å². The summed E-state index contributed by atoms with van der Waals surface area (Å²) in [5, 5.41) is 17.4. The Morgan fingerprint density at radius 1 is 1.30 bits per heavy atom. The van der Waals surface area contributed by atoms with Crippen molar-refractivity contribution in [3.05, 3.63) is 36.5 Å². The number of amides is 1. The minimum absolute atomic E-state index is 0.0838. The molecule has 0 aliphatic rings. The van der Waals surface area contributed by atoms with Crippen LogP contribution in [0.4, 0.5) is 17.3 Å². The molecular formula is C20H25N5O4S. The Morgan fingerprint density at radius 3 is 2.67 bits per heavy atom. The van der Waals surface area contributed by atoms with Crippen molar-refractivity contribution in [2.24, 2.45) is 11.7 Å². The van der Waals surface area contributed by atoms with Gasteiger partial charge in [0.25, 0.3) is 0 Å². The van der Waals surface area contributed by atoms with Crippen LogP contribution in [0.25, 0.3) is 10.8 Å². The quantitative estimate of drug-likeness (QED) is 0.368. The second kappa shape index (κ2) is 8.23. The van der Waals surface area contributed by atoms with Gasteiger partial charge in [0.1, 0.15) is 17.7 Å². The van der Waals surface area contributed by atoms with Crippen molar-refractivity contribution in [2.75, 3.05) is 16.9 Å². The average molecular weight is 432 g/mol. The Labute approximate surface area is 174 Å². The van der Waals surface area contributed by atoms with Gasteiger partial charge >= 0.3 is 0 Å². The van der Waals surface area contributed by atoms with E-state index in [0.717, 1.165) is 6.26 Å². The van der Waals surface area contributed by atoms with Gasteiger partial charge in [-0.3, -0.25) is 4.79 Å². The van der Waals surface area contributed by atoms with Gasteiger partial charge in [0.05, 0.1) is 10.3 Å². The molecule has 160 valence electrons. The molecule has 0 fully saturated rings. The summed E-state index contributed by atoms with van der Waals surface area (Å²) in [4.78, 5) is 19.2. The number of primary amides is 1. The number of aromatic hydroxyl groups is 1. The highest BCUT2D eigenvalue weighted by Gasteiger charge is 2.19. The molecule has 10 heteroatoms. The molecule has 0 bridgehead atoms. The van der Waals surface area contributed by atoms with E-state index in [4.69, 9.17) is 5.73 Å². The maximum Gasteiger partial charge on any atom is 0.239 e. The number of rotatable bonds is 8. The van der Waals surface area contributed by atoms with E-state index >= 15 is 0 Å². The lowest BCUT2D eigenvalue weighted by atomic mass is 10.0. The van der Waals surface area contributed by atoms with E-state index in [2.05, 4.69) is 20.6 Å². The highest BCUT2D eigenvalue weighted by molar-refractivity contribution is 7.90. The van der Waals surface area contributed by atoms with Crippen LogP contribution in [0.2, 0.25) is 0 Å². The third kappa shape index (κ3) is 4.82. The molecule has 6 N–H and O–H groups in total. The predicted octanol–water partition coefficient (Wildman–Crippen LogP) is 2.73. The van der Waals surface area contributed by atoms with Crippen LogP contribution < -0.4 is 16.4 Å². The van der Waals surface area contributed by atoms with Crippen molar-refractivity contribution < 1.29 is 18.3 Å². The first-order chi connectivity index (χ1) is 14.0. The average Bonchev–Trinajstić information content (AvgIpc) is 3.01. The molecule has 0 saturated carbocycles. The molecule has 1 amide bonds. The number of carbonyl (C=O) groups excluding carboxylic acids is 1. The van der Waals surface area contributed by atoms with Gasteiger partial charge in [-0.25, -0.2) is 13.4 Å². The van der Waals surface area contributed by atoms with E-state index in [0.29, 0.717) is 34.5 Å². The van der Waals surface area contributed by atoms with Crippen LogP contribution in [-0.4, -0.2) is 41.7 Å². The van der Waals surface area contributed by atoms with Crippen LogP contribution >= 0.6 is 0 Å². The standard InChI is InChI=1S/C20H25N5O4S/c1-11(2)7-15(18(21)26)24-16-8-12-10-22-20(27)17(12)19(25-16)23-13-5-4-6-14(9-13)30(3,28)29/h4-6,8-11,15,22,24,27H,7H2,1-3H3,(H2,21,26)(H,23,25)/t15-/m1/s1. The second-order valence-electron chi connectivity index (χ2n) is 7.61. The van der Waals surface area contributed by atoms with Crippen LogP contribution in [0.1, 0.15) is 20.3 Å². The van der Waals surface area contributed by atoms with E-state index in [9.17, 15) is 18.3 Å². The lowest BCUT2D eigenvalue weighted by molar-refractivity contribution is -0.119. The summed E-state index contributed by atoms with van der Waals surface area (Å²) >= 11 is 0. The number of hydrogen-bond acceptors (Lipinski definition) is 7. The molecule has 1 aromatic carbocycles. The molecule has 3 rings (SSSR count). The molecule has 0 spiro atoms. The van der Waals surface area contributed by atoms with E-state index in [1.54, 1.807) is 24.4 Å². The molecule has 1 atom stereocenters. The number of nitrogens with one attached hydrogen (secondary N) is 3. The van der Waals surface area contributed by atoms with Gasteiger partial charge < -0.3 is 26.5 Å². The zero-order valence-corrected chi connectivity index (χ0v) is 17.7. The molecule has 0 radical (unpaired) electrons. The van der Waals surface area contributed by atoms with E-state index in [-0.39, 0.29) is 16.7 Å². The topological polar surface area (TPSA) is 150 Å². The van der Waals surface area contributed by atoms with Crippen LogP contribution in [0.15, 0.2) is 41.4 Å². The zero-order chi connectivity index (χ0) is 22.1. The van der Waals surface area contributed by atoms with Gasteiger partial charge in [-0.15, -0.1) is 0 Å². The molecule has 0 aliphatic carbocycles. The Balaban J connectivity index is 2.02. The molecule has 0 saturated heterocycles. The Bertz CT molecular complexity index is 1190. The number of fused-ring (bicyclic) bond motifs is 1. The number of carbonyl (C=O) groups is 1. The Morgan fingerprint density at radius 2 is 2.03 bits per heavy atom. The number of nitrogens with two attached hydrogens (primary N) is 1. The van der Waals surface area contributed by atoms with Crippen LogP contribution in [0.5, 0.6) is 5.88 Å². The van der Waals surface area contributed by atoms with Crippen LogP contribution in [0, 0.1) is 5.92 Å². The monoisotopic (exact) mass is 431 g/mol. The highest BCUT2D eigenvalue weighted by atomic mass is 32.2. The summed E-state index contributed by atoms with van der Waals surface area (Å²) < 4.78 is 23.7. The first-order valence-corrected chi connectivity index (χ1v) is 11.3. The molecule has 9 nitrogen and oxygen atoms in total. The highest BCUT2D eigenvalue weighted by Crippen LogP contribution is 2.34. The summed E-state index contributed by atoms with van der Waals surface area (Å²) in [6.45, 7) is 3.97. The molecule has 0 aliphatic heterocycles. The predicted molar refractivity (Wildman–Crippen MR) is 117 cm³/mol. The fourth-order valence-electron chi connectivity index (χ4n) is 3.15. The maximum atomic E-state index is 11.8. The maximum absolute atomic E-state index is 11.8. The van der Waals surface area contributed by atoms with Crippen molar-refractivity contribution in [1.29, 1.82) is 0 Å². The first kappa shape index (κ1) is 21.4. The number of aromatic nitrogens is 2. The normalized spacial score (nSPS) is 12.8. The van der Waals surface area contributed by atoms with Gasteiger partial charge in [-0.2, -0.15) is 0 Å². The van der Waals surface area contributed by atoms with Crippen LogP contribution in [0.3, 0.4) is 0 Å². The molecule has 0 unspecified atom stereocenters. The number of pyridine rings is 1. The summed E-state index contributed by atoms with van der Waals surface area (Å²) in [6.07, 6.45) is 3.27. The number of benzene rings is 1. The number of anilines is 3. The third-order valence-corrected chi connectivity index (χ3v) is 5.66. The Hall–Kier alpha value is -3.27. The van der Waals surface area contributed by atoms with Gasteiger partial charge in [0.15, 0.2) is 15.7 Å². The molecule has 3 aromatic rings. The van der Waals surface area contributed by atoms with Gasteiger partial charge in [0, 0.05) is 23.5 Å². The lowest BCUT2D eigenvalue weighted by Crippen LogP contribution is -2.36. The van der Waals surface area contributed by atoms with Gasteiger partial charge in [-0.05, 0) is 36.6 Å². The minimum Gasteiger partial charge on any atom is -0.494 e. The fourth-order valence-corrected chi connectivity index (χ4v) is 3.81. The number of H-pyrrole nitrogens is 1. The van der Waals surface area contributed by atoms with E-state index in [1.807, 2.05) is 13.8 Å². The number of sulfone groups is 1. The van der Waals surface area contributed by atoms with Crippen LogP contribution in [-0.2, 0) is 14.6 Å². The molecule has 30 heavy (non-hydrogen) atoms. The zero-order valence-electron chi connectivity index (χ0n) is 16.9. The molecular weight excluding hydrogens is 406 g/mol. The summed E-state index contributed by atoms with van der Waals surface area (Å²) in [5.74, 6) is 0.364. The lowest BCUT2D eigenvalue weighted by Gasteiger charge is -2.19. The number of hydrogen-bond donors (Lipinski definition) is 5. The second-order valence-corrected chi connectivity index (χ2v) is 9.63. The molecule has 2 heterocycles. The van der Waals surface area contributed by atoms with Crippen molar-refractivity contribution in [3.63, 3.8) is 0 Å². The smallest absolute Gasteiger partial charge is 0.239 e. The largest absolute Gasteiger partial charge is 0.494 e. The van der Waals surface area contributed by atoms with Gasteiger partial charge in [-0.1, -0.05) is 19.9 Å². The number of nitrogens with zero attached hydrogens (tertiary/aromatic N) is 1. The summed E-state index contributed by atoms with van der Waals surface area (Å²) in [5.41, 5.74) is 6.01. The molecule has 2 aromatic heterocycles. The number of aromatic amines is 1. The minimum atomic E-state index is -3.38. The fraction of sp³-hybridized carbons (Fsp3) is 0.300. The first-order valence-electron chi connectivity index (χ1n) is 9.38. The van der Waals surface area contributed by atoms with Crippen molar-refractivity contribution in [3.8, 4) is 5.88 Å². The summed E-state index contributed by atoms with van der Waals surface area (Å²) in [7, 11) is -3.38. The van der Waals surface area contributed by atoms with E-state index < -0.39 is 21.8 Å². The summed E-state index contributed by atoms with van der Waals surface area (Å²) in [6, 6.07) is 7.37. The van der Waals surface area contributed by atoms with Crippen molar-refractivity contribution in [1.82, 2.24) is 9.97 Å². The Kier molecular flexibility index (Phi) is 5.88. The SMILES string of the molecule is CC(C)C[C@@H](Nc1cc2c[nH]c(O)c2c(Nc2cccc(S(C)(=O)=O)c2)n1)C(N)=O. The van der Waals surface area contributed by atoms with E-state index in [1.165, 1.54) is 12.1 Å². The third-order valence-electron chi connectivity index (χ3n) is 4.55.